The summed E-state index contributed by atoms with van der Waals surface area (Å²) >= 11 is 0. The molecule has 1 rings (SSSR count). The molecule has 0 spiro atoms. The lowest BCUT2D eigenvalue weighted by Crippen LogP contribution is -2.28. The Hall–Kier alpha value is -0.580. The lowest BCUT2D eigenvalue weighted by molar-refractivity contribution is -0.113. The molecular formula is C5H9NO3S. The van der Waals surface area contributed by atoms with Gasteiger partial charge in [0, 0.05) is 7.05 Å². The molecule has 1 aliphatic rings. The number of sulfonamides is 1. The Morgan fingerprint density at radius 1 is 1.50 bits per heavy atom. The van der Waals surface area contributed by atoms with E-state index in [1.165, 1.54) is 7.05 Å². The predicted molar refractivity (Wildman–Crippen MR) is 35.8 cm³/mol. The van der Waals surface area contributed by atoms with E-state index in [1.807, 2.05) is 0 Å². The van der Waals surface area contributed by atoms with Crippen LogP contribution in [0.25, 0.3) is 0 Å². The molecule has 0 aromatic carbocycles. The highest BCUT2D eigenvalue weighted by atomic mass is 32.2. The topological polar surface area (TPSA) is 54.5 Å². The van der Waals surface area contributed by atoms with E-state index >= 15 is 0 Å². The van der Waals surface area contributed by atoms with Crippen LogP contribution in [-0.2, 0) is 14.8 Å². The number of nitrogens with zero attached hydrogens (tertiary/aromatic N) is 1. The van der Waals surface area contributed by atoms with Crippen LogP contribution in [0.15, 0.2) is 0 Å². The molecule has 58 valence electrons. The SMILES string of the molecule is CN(C=O)S(=O)(=O)C1CC1. The van der Waals surface area contributed by atoms with Crippen LogP contribution in [-0.4, -0.2) is 31.4 Å². The van der Waals surface area contributed by atoms with Gasteiger partial charge < -0.3 is 0 Å². The summed E-state index contributed by atoms with van der Waals surface area (Å²) in [5.74, 6) is 0. The highest BCUT2D eigenvalue weighted by Crippen LogP contribution is 2.29. The van der Waals surface area contributed by atoms with Gasteiger partial charge in [-0.05, 0) is 12.8 Å². The fourth-order valence-corrected chi connectivity index (χ4v) is 1.98. The molecular weight excluding hydrogens is 154 g/mol. The number of carbonyl (C=O) groups excluding carboxylic acids is 1. The second kappa shape index (κ2) is 2.23. The molecule has 4 nitrogen and oxygen atoms in total. The van der Waals surface area contributed by atoms with Gasteiger partial charge in [0.05, 0.1) is 5.25 Å². The highest BCUT2D eigenvalue weighted by Gasteiger charge is 2.38. The number of hydrogen-bond acceptors (Lipinski definition) is 3. The van der Waals surface area contributed by atoms with Crippen LogP contribution in [0.2, 0.25) is 0 Å². The summed E-state index contributed by atoms with van der Waals surface area (Å²) in [7, 11) is -1.99. The van der Waals surface area contributed by atoms with Crippen LogP contribution in [0.4, 0.5) is 0 Å². The molecule has 1 aliphatic carbocycles. The average Bonchev–Trinajstić information content (AvgIpc) is 2.66. The third-order valence-electron chi connectivity index (χ3n) is 1.50. The summed E-state index contributed by atoms with van der Waals surface area (Å²) < 4.78 is 22.8. The maximum absolute atomic E-state index is 11.0. The van der Waals surface area contributed by atoms with Gasteiger partial charge in [0.15, 0.2) is 0 Å². The molecule has 0 aliphatic heterocycles. The van der Waals surface area contributed by atoms with Crippen molar-refractivity contribution in [1.29, 1.82) is 0 Å². The van der Waals surface area contributed by atoms with Gasteiger partial charge in [-0.15, -0.1) is 0 Å². The van der Waals surface area contributed by atoms with Crippen molar-refractivity contribution < 1.29 is 13.2 Å². The summed E-state index contributed by atoms with van der Waals surface area (Å²) in [5.41, 5.74) is 0. The van der Waals surface area contributed by atoms with Crippen LogP contribution < -0.4 is 0 Å². The smallest absolute Gasteiger partial charge is 0.239 e. The zero-order valence-electron chi connectivity index (χ0n) is 5.65. The lowest BCUT2D eigenvalue weighted by atomic mass is 11.0. The Labute approximate surface area is 59.9 Å². The van der Waals surface area contributed by atoms with E-state index in [0.29, 0.717) is 19.3 Å². The Bertz CT molecular complexity index is 229. The van der Waals surface area contributed by atoms with E-state index < -0.39 is 10.0 Å². The molecule has 1 saturated carbocycles. The van der Waals surface area contributed by atoms with Crippen molar-refractivity contribution in [2.45, 2.75) is 18.1 Å². The van der Waals surface area contributed by atoms with Crippen LogP contribution in [0.1, 0.15) is 12.8 Å². The zero-order chi connectivity index (χ0) is 7.78. The Balaban J connectivity index is 2.76. The Morgan fingerprint density at radius 3 is 2.30 bits per heavy atom. The minimum atomic E-state index is -3.25. The third-order valence-corrected chi connectivity index (χ3v) is 3.70. The Morgan fingerprint density at radius 2 is 2.00 bits per heavy atom. The van der Waals surface area contributed by atoms with Gasteiger partial charge in [0.1, 0.15) is 0 Å². The van der Waals surface area contributed by atoms with Gasteiger partial charge in [0.25, 0.3) is 0 Å². The molecule has 0 radical (unpaired) electrons. The quantitative estimate of drug-likeness (QED) is 0.530. The first kappa shape index (κ1) is 7.53. The van der Waals surface area contributed by atoms with Crippen molar-refractivity contribution in [3.05, 3.63) is 0 Å². The maximum Gasteiger partial charge on any atom is 0.239 e. The molecule has 1 amide bonds. The van der Waals surface area contributed by atoms with Crippen molar-refractivity contribution in [1.82, 2.24) is 4.31 Å². The maximum atomic E-state index is 11.0. The summed E-state index contributed by atoms with van der Waals surface area (Å²) in [4.78, 5) is 10.0. The molecule has 0 N–H and O–H groups in total. The molecule has 5 heteroatoms. The van der Waals surface area contributed by atoms with Gasteiger partial charge in [-0.25, -0.2) is 12.7 Å². The van der Waals surface area contributed by atoms with Crippen molar-refractivity contribution in [2.24, 2.45) is 0 Å². The third kappa shape index (κ3) is 1.13. The number of carbonyl (C=O) groups is 1. The van der Waals surface area contributed by atoms with E-state index in [4.69, 9.17) is 0 Å². The fraction of sp³-hybridized carbons (Fsp3) is 0.800. The number of amides is 1. The summed E-state index contributed by atoms with van der Waals surface area (Å²) in [5, 5.41) is -0.289. The highest BCUT2D eigenvalue weighted by molar-refractivity contribution is 7.90. The van der Waals surface area contributed by atoms with Crippen LogP contribution in [0.5, 0.6) is 0 Å². The monoisotopic (exact) mass is 163 g/mol. The molecule has 1 fully saturated rings. The standard InChI is InChI=1S/C5H9NO3S/c1-6(4-7)10(8,9)5-2-3-5/h4-5H,2-3H2,1H3. The summed E-state index contributed by atoms with van der Waals surface area (Å²) in [6.45, 7) is 0. The first-order valence-corrected chi connectivity index (χ1v) is 4.51. The van der Waals surface area contributed by atoms with Gasteiger partial charge in [-0.2, -0.15) is 0 Å². The first-order valence-electron chi connectivity index (χ1n) is 3.01. The second-order valence-corrected chi connectivity index (χ2v) is 4.64. The van der Waals surface area contributed by atoms with Crippen LogP contribution in [0.3, 0.4) is 0 Å². The van der Waals surface area contributed by atoms with E-state index in [0.717, 1.165) is 4.31 Å². The average molecular weight is 163 g/mol. The molecule has 0 saturated heterocycles. The molecule has 0 unspecified atom stereocenters. The number of rotatable bonds is 3. The Kier molecular flexibility index (Phi) is 1.68. The molecule has 0 aromatic heterocycles. The molecule has 0 heterocycles. The normalized spacial score (nSPS) is 18.5. The fourth-order valence-electron chi connectivity index (χ4n) is 0.661. The van der Waals surface area contributed by atoms with Crippen LogP contribution >= 0.6 is 0 Å². The van der Waals surface area contributed by atoms with Crippen molar-refractivity contribution >= 4 is 16.4 Å². The van der Waals surface area contributed by atoms with Gasteiger partial charge in [-0.1, -0.05) is 0 Å². The van der Waals surface area contributed by atoms with Gasteiger partial charge >= 0.3 is 0 Å². The van der Waals surface area contributed by atoms with E-state index in [-0.39, 0.29) is 5.25 Å². The minimum absolute atomic E-state index is 0.289. The summed E-state index contributed by atoms with van der Waals surface area (Å²) in [6.07, 6.45) is 1.72. The number of hydrogen-bond donors (Lipinski definition) is 0. The molecule has 10 heavy (non-hydrogen) atoms. The van der Waals surface area contributed by atoms with E-state index in [2.05, 4.69) is 0 Å². The van der Waals surface area contributed by atoms with E-state index in [1.54, 1.807) is 0 Å². The molecule has 0 atom stereocenters. The lowest BCUT2D eigenvalue weighted by Gasteiger charge is -2.09. The van der Waals surface area contributed by atoms with Crippen LogP contribution in [0, 0.1) is 0 Å². The van der Waals surface area contributed by atoms with Gasteiger partial charge in [0.2, 0.25) is 16.4 Å². The van der Waals surface area contributed by atoms with Gasteiger partial charge in [-0.3, -0.25) is 4.79 Å². The largest absolute Gasteiger partial charge is 0.278 e. The minimum Gasteiger partial charge on any atom is -0.278 e. The molecule has 0 bridgehead atoms. The predicted octanol–water partition coefficient (Wildman–Crippen LogP) is -0.433. The second-order valence-electron chi connectivity index (χ2n) is 2.37. The summed E-state index contributed by atoms with van der Waals surface area (Å²) in [6, 6.07) is 0. The first-order chi connectivity index (χ1) is 4.59. The molecule has 0 aromatic rings. The van der Waals surface area contributed by atoms with Crippen molar-refractivity contribution in [2.75, 3.05) is 7.05 Å². The van der Waals surface area contributed by atoms with Crippen molar-refractivity contribution in [3.8, 4) is 0 Å². The van der Waals surface area contributed by atoms with E-state index in [9.17, 15) is 13.2 Å². The van der Waals surface area contributed by atoms with Crippen molar-refractivity contribution in [3.63, 3.8) is 0 Å². The zero-order valence-corrected chi connectivity index (χ0v) is 6.47.